The number of hydrogen-bond donors (Lipinski definition) is 2. The second kappa shape index (κ2) is 8.83. The first kappa shape index (κ1) is 19.7. The monoisotopic (exact) mass is 408 g/mol. The summed E-state index contributed by atoms with van der Waals surface area (Å²) < 4.78 is 13.0. The van der Waals surface area contributed by atoms with E-state index in [-0.39, 0.29) is 24.2 Å². The van der Waals surface area contributed by atoms with Gasteiger partial charge in [-0.05, 0) is 24.3 Å². The van der Waals surface area contributed by atoms with Crippen LogP contribution in [0.4, 0.5) is 10.1 Å². The van der Waals surface area contributed by atoms with E-state index in [0.29, 0.717) is 43.3 Å². The molecule has 1 aliphatic rings. The molecule has 1 fully saturated rings. The molecule has 9 heteroatoms. The molecule has 4 rings (SSSR count). The number of carbonyl (C=O) groups is 2. The number of nitrogens with zero attached hydrogens (tertiary/aromatic N) is 4. The standard InChI is InChI=1S/C21H21FN6O2/c22-16-6-8-17(9-7-16)23-18(29)14-27-10-12-28(13-11-27)21(30)20-19(24-26-25-20)15-4-2-1-3-5-15/h1-9H,10-14H2,(H,23,29)(H,24,25,26). The Labute approximate surface area is 172 Å². The Hall–Kier alpha value is -3.59. The number of piperazine rings is 1. The van der Waals surface area contributed by atoms with Gasteiger partial charge in [-0.1, -0.05) is 30.3 Å². The first-order chi connectivity index (χ1) is 14.6. The molecule has 0 saturated carbocycles. The molecule has 1 aromatic heterocycles. The molecule has 0 bridgehead atoms. The lowest BCUT2D eigenvalue weighted by atomic mass is 10.1. The lowest BCUT2D eigenvalue weighted by Gasteiger charge is -2.34. The number of amides is 2. The highest BCUT2D eigenvalue weighted by atomic mass is 19.1. The van der Waals surface area contributed by atoms with Gasteiger partial charge in [-0.2, -0.15) is 15.4 Å². The van der Waals surface area contributed by atoms with Gasteiger partial charge in [0.05, 0.1) is 6.54 Å². The minimum atomic E-state index is -0.351. The predicted octanol–water partition coefficient (Wildman–Crippen LogP) is 2.01. The fourth-order valence-electron chi connectivity index (χ4n) is 3.37. The first-order valence-corrected chi connectivity index (χ1v) is 9.63. The maximum Gasteiger partial charge on any atom is 0.276 e. The highest BCUT2D eigenvalue weighted by Gasteiger charge is 2.27. The highest BCUT2D eigenvalue weighted by molar-refractivity contribution is 5.98. The van der Waals surface area contributed by atoms with E-state index in [1.54, 1.807) is 4.90 Å². The zero-order chi connectivity index (χ0) is 20.9. The second-order valence-corrected chi connectivity index (χ2v) is 7.01. The summed E-state index contributed by atoms with van der Waals surface area (Å²) in [4.78, 5) is 28.8. The fraction of sp³-hybridized carbons (Fsp3) is 0.238. The Morgan fingerprint density at radius 2 is 1.67 bits per heavy atom. The van der Waals surface area contributed by atoms with Crippen molar-refractivity contribution in [1.29, 1.82) is 0 Å². The minimum absolute atomic E-state index is 0.177. The summed E-state index contributed by atoms with van der Waals surface area (Å²) in [5, 5.41) is 13.5. The number of rotatable bonds is 5. The van der Waals surface area contributed by atoms with E-state index in [0.717, 1.165) is 5.56 Å². The molecule has 2 amide bonds. The van der Waals surface area contributed by atoms with Crippen molar-refractivity contribution in [2.24, 2.45) is 0 Å². The van der Waals surface area contributed by atoms with Crippen molar-refractivity contribution in [2.45, 2.75) is 0 Å². The molecule has 3 aromatic rings. The molecule has 30 heavy (non-hydrogen) atoms. The summed E-state index contributed by atoms with van der Waals surface area (Å²) in [6.07, 6.45) is 0. The predicted molar refractivity (Wildman–Crippen MR) is 109 cm³/mol. The van der Waals surface area contributed by atoms with Crippen molar-refractivity contribution in [2.75, 3.05) is 38.0 Å². The molecule has 0 radical (unpaired) electrons. The molecule has 0 atom stereocenters. The molecule has 2 heterocycles. The quantitative estimate of drug-likeness (QED) is 0.674. The van der Waals surface area contributed by atoms with Crippen LogP contribution in [0, 0.1) is 5.82 Å². The fourth-order valence-corrected chi connectivity index (χ4v) is 3.37. The third-order valence-electron chi connectivity index (χ3n) is 4.95. The van der Waals surface area contributed by atoms with Gasteiger partial charge in [0.25, 0.3) is 5.91 Å². The van der Waals surface area contributed by atoms with Crippen molar-refractivity contribution in [3.63, 3.8) is 0 Å². The largest absolute Gasteiger partial charge is 0.335 e. The van der Waals surface area contributed by atoms with Crippen LogP contribution >= 0.6 is 0 Å². The van der Waals surface area contributed by atoms with Crippen LogP contribution < -0.4 is 5.32 Å². The Bertz CT molecular complexity index is 1010. The molecule has 2 N–H and O–H groups in total. The van der Waals surface area contributed by atoms with Gasteiger partial charge >= 0.3 is 0 Å². The van der Waals surface area contributed by atoms with Crippen LogP contribution in [0.1, 0.15) is 10.5 Å². The molecule has 154 valence electrons. The van der Waals surface area contributed by atoms with Gasteiger partial charge in [-0.3, -0.25) is 14.5 Å². The SMILES string of the molecule is O=C(CN1CCN(C(=O)c2n[nH]nc2-c2ccccc2)CC1)Nc1ccc(F)cc1. The number of anilines is 1. The van der Waals surface area contributed by atoms with Crippen LogP contribution in [0.25, 0.3) is 11.3 Å². The Kier molecular flexibility index (Phi) is 5.80. The number of carbonyl (C=O) groups excluding carboxylic acids is 2. The van der Waals surface area contributed by atoms with Gasteiger partial charge in [0, 0.05) is 37.4 Å². The summed E-state index contributed by atoms with van der Waals surface area (Å²) in [5.41, 5.74) is 2.20. The van der Waals surface area contributed by atoms with Crippen LogP contribution in [0.3, 0.4) is 0 Å². The number of halogens is 1. The molecule has 0 spiro atoms. The van der Waals surface area contributed by atoms with Crippen LogP contribution in [0.15, 0.2) is 54.6 Å². The molecule has 2 aromatic carbocycles. The second-order valence-electron chi connectivity index (χ2n) is 7.01. The summed E-state index contributed by atoms with van der Waals surface area (Å²) in [5.74, 6) is -0.710. The van der Waals surface area contributed by atoms with Crippen molar-refractivity contribution in [1.82, 2.24) is 25.2 Å². The van der Waals surface area contributed by atoms with E-state index >= 15 is 0 Å². The van der Waals surface area contributed by atoms with Gasteiger partial charge in [0.2, 0.25) is 5.91 Å². The Morgan fingerprint density at radius 3 is 2.37 bits per heavy atom. The summed E-state index contributed by atoms with van der Waals surface area (Å²) in [6.45, 7) is 2.33. The van der Waals surface area contributed by atoms with Crippen LogP contribution in [0.5, 0.6) is 0 Å². The van der Waals surface area contributed by atoms with Crippen molar-refractivity contribution in [3.05, 3.63) is 66.1 Å². The Balaban J connectivity index is 1.32. The van der Waals surface area contributed by atoms with Crippen molar-refractivity contribution in [3.8, 4) is 11.3 Å². The maximum atomic E-state index is 13.0. The number of hydrogen-bond acceptors (Lipinski definition) is 5. The average Bonchev–Trinajstić information content (AvgIpc) is 3.26. The zero-order valence-corrected chi connectivity index (χ0v) is 16.2. The van der Waals surface area contributed by atoms with E-state index in [4.69, 9.17) is 0 Å². The van der Waals surface area contributed by atoms with Gasteiger partial charge < -0.3 is 10.2 Å². The number of H-pyrrole nitrogens is 1. The first-order valence-electron chi connectivity index (χ1n) is 9.63. The van der Waals surface area contributed by atoms with Crippen molar-refractivity contribution < 1.29 is 14.0 Å². The third-order valence-corrected chi connectivity index (χ3v) is 4.95. The van der Waals surface area contributed by atoms with Gasteiger partial charge in [-0.25, -0.2) is 4.39 Å². The molecule has 8 nitrogen and oxygen atoms in total. The third kappa shape index (κ3) is 4.52. The number of aromatic nitrogens is 3. The lowest BCUT2D eigenvalue weighted by molar-refractivity contribution is -0.117. The number of benzene rings is 2. The van der Waals surface area contributed by atoms with Gasteiger partial charge in [-0.15, -0.1) is 0 Å². The summed E-state index contributed by atoms with van der Waals surface area (Å²) >= 11 is 0. The van der Waals surface area contributed by atoms with Crippen LogP contribution in [0.2, 0.25) is 0 Å². The molecule has 0 unspecified atom stereocenters. The molecular formula is C21H21FN6O2. The normalized spacial score (nSPS) is 14.5. The molecular weight excluding hydrogens is 387 g/mol. The van der Waals surface area contributed by atoms with E-state index in [1.807, 2.05) is 35.2 Å². The molecule has 1 aliphatic heterocycles. The average molecular weight is 408 g/mol. The molecule has 1 saturated heterocycles. The zero-order valence-electron chi connectivity index (χ0n) is 16.2. The number of aromatic amines is 1. The van der Waals surface area contributed by atoms with Gasteiger partial charge in [0.15, 0.2) is 5.69 Å². The summed E-state index contributed by atoms with van der Waals surface area (Å²) in [7, 11) is 0. The highest BCUT2D eigenvalue weighted by Crippen LogP contribution is 2.20. The smallest absolute Gasteiger partial charge is 0.276 e. The van der Waals surface area contributed by atoms with E-state index in [1.165, 1.54) is 24.3 Å². The van der Waals surface area contributed by atoms with E-state index < -0.39 is 0 Å². The minimum Gasteiger partial charge on any atom is -0.335 e. The lowest BCUT2D eigenvalue weighted by Crippen LogP contribution is -2.50. The topological polar surface area (TPSA) is 94.2 Å². The van der Waals surface area contributed by atoms with E-state index in [9.17, 15) is 14.0 Å². The molecule has 0 aliphatic carbocycles. The summed E-state index contributed by atoms with van der Waals surface area (Å²) in [6, 6.07) is 15.1. The van der Waals surface area contributed by atoms with Crippen LogP contribution in [-0.2, 0) is 4.79 Å². The Morgan fingerprint density at radius 1 is 0.967 bits per heavy atom. The van der Waals surface area contributed by atoms with Crippen molar-refractivity contribution >= 4 is 17.5 Å². The number of nitrogens with one attached hydrogen (secondary N) is 2. The van der Waals surface area contributed by atoms with E-state index in [2.05, 4.69) is 20.7 Å². The maximum absolute atomic E-state index is 13.0. The van der Waals surface area contributed by atoms with Gasteiger partial charge in [0.1, 0.15) is 11.5 Å². The van der Waals surface area contributed by atoms with Crippen LogP contribution in [-0.4, -0.2) is 69.7 Å².